The maximum atomic E-state index is 11.9. The second-order valence-electron chi connectivity index (χ2n) is 5.29. The SMILES string of the molecule is CCCC/C(C)=N/NC(=O)C1CC1c1ccccc1. The molecule has 1 aromatic carbocycles. The molecule has 1 saturated carbocycles. The summed E-state index contributed by atoms with van der Waals surface area (Å²) in [4.78, 5) is 11.9. The molecule has 2 atom stereocenters. The van der Waals surface area contributed by atoms with E-state index in [0.717, 1.165) is 31.4 Å². The van der Waals surface area contributed by atoms with Crippen molar-refractivity contribution >= 4 is 11.6 Å². The quantitative estimate of drug-likeness (QED) is 0.616. The van der Waals surface area contributed by atoms with Crippen molar-refractivity contribution in [1.29, 1.82) is 0 Å². The van der Waals surface area contributed by atoms with E-state index in [1.54, 1.807) is 0 Å². The minimum absolute atomic E-state index is 0.0599. The van der Waals surface area contributed by atoms with Crippen LogP contribution in [-0.2, 0) is 4.79 Å². The lowest BCUT2D eigenvalue weighted by Crippen LogP contribution is -2.21. The Hall–Kier alpha value is -1.64. The number of benzene rings is 1. The van der Waals surface area contributed by atoms with Crippen LogP contribution >= 0.6 is 0 Å². The molecule has 0 heterocycles. The van der Waals surface area contributed by atoms with Crippen molar-refractivity contribution in [3.05, 3.63) is 35.9 Å². The van der Waals surface area contributed by atoms with Gasteiger partial charge in [-0.3, -0.25) is 4.79 Å². The van der Waals surface area contributed by atoms with Gasteiger partial charge in [-0.1, -0.05) is 43.7 Å². The van der Waals surface area contributed by atoms with Crippen molar-refractivity contribution < 1.29 is 4.79 Å². The van der Waals surface area contributed by atoms with E-state index >= 15 is 0 Å². The molecule has 3 nitrogen and oxygen atoms in total. The number of amides is 1. The third kappa shape index (κ3) is 3.91. The summed E-state index contributed by atoms with van der Waals surface area (Å²) in [5, 5.41) is 4.17. The molecule has 19 heavy (non-hydrogen) atoms. The number of hydrogen-bond donors (Lipinski definition) is 1. The Bertz CT molecular complexity index is 453. The molecule has 0 aromatic heterocycles. The predicted molar refractivity (Wildman–Crippen MR) is 78.1 cm³/mol. The fourth-order valence-electron chi connectivity index (χ4n) is 2.28. The molecule has 0 bridgehead atoms. The highest BCUT2D eigenvalue weighted by atomic mass is 16.2. The molecule has 1 fully saturated rings. The highest BCUT2D eigenvalue weighted by Gasteiger charge is 2.43. The second kappa shape index (κ2) is 6.50. The van der Waals surface area contributed by atoms with Gasteiger partial charge < -0.3 is 0 Å². The highest BCUT2D eigenvalue weighted by molar-refractivity contribution is 5.86. The molecule has 3 heteroatoms. The van der Waals surface area contributed by atoms with Gasteiger partial charge in [-0.15, -0.1) is 0 Å². The van der Waals surface area contributed by atoms with E-state index in [4.69, 9.17) is 0 Å². The van der Waals surface area contributed by atoms with Crippen molar-refractivity contribution in [3.63, 3.8) is 0 Å². The van der Waals surface area contributed by atoms with Crippen LogP contribution in [0.25, 0.3) is 0 Å². The number of carbonyl (C=O) groups is 1. The summed E-state index contributed by atoms with van der Waals surface area (Å²) in [5.74, 6) is 0.544. The molecule has 1 aromatic rings. The summed E-state index contributed by atoms with van der Waals surface area (Å²) in [7, 11) is 0. The van der Waals surface area contributed by atoms with E-state index in [2.05, 4.69) is 29.6 Å². The van der Waals surface area contributed by atoms with Crippen LogP contribution in [0.4, 0.5) is 0 Å². The van der Waals surface area contributed by atoms with Crippen LogP contribution in [0.15, 0.2) is 35.4 Å². The van der Waals surface area contributed by atoms with Crippen LogP contribution in [0.5, 0.6) is 0 Å². The van der Waals surface area contributed by atoms with Gasteiger partial charge >= 0.3 is 0 Å². The summed E-state index contributed by atoms with van der Waals surface area (Å²) >= 11 is 0. The van der Waals surface area contributed by atoms with Crippen molar-refractivity contribution in [1.82, 2.24) is 5.43 Å². The molecular weight excluding hydrogens is 236 g/mol. The van der Waals surface area contributed by atoms with Crippen molar-refractivity contribution in [2.24, 2.45) is 11.0 Å². The Labute approximate surface area is 115 Å². The average molecular weight is 258 g/mol. The number of nitrogens with one attached hydrogen (secondary N) is 1. The van der Waals surface area contributed by atoms with Crippen molar-refractivity contribution in [2.75, 3.05) is 0 Å². The molecule has 0 aliphatic heterocycles. The van der Waals surface area contributed by atoms with Gasteiger partial charge in [-0.25, -0.2) is 5.43 Å². The minimum Gasteiger partial charge on any atom is -0.273 e. The number of rotatable bonds is 6. The predicted octanol–water partition coefficient (Wildman–Crippen LogP) is 3.47. The number of unbranched alkanes of at least 4 members (excludes halogenated alkanes) is 1. The average Bonchev–Trinajstić information content (AvgIpc) is 3.24. The molecule has 0 radical (unpaired) electrons. The molecule has 2 unspecified atom stereocenters. The zero-order chi connectivity index (χ0) is 13.7. The van der Waals surface area contributed by atoms with Gasteiger partial charge in [0.05, 0.1) is 0 Å². The molecule has 2 rings (SSSR count). The van der Waals surface area contributed by atoms with Gasteiger partial charge in [-0.2, -0.15) is 5.10 Å². The summed E-state index contributed by atoms with van der Waals surface area (Å²) in [6.45, 7) is 4.12. The van der Waals surface area contributed by atoms with Gasteiger partial charge in [0.25, 0.3) is 0 Å². The Morgan fingerprint density at radius 1 is 1.37 bits per heavy atom. The standard InChI is InChI=1S/C16H22N2O/c1-3-4-8-12(2)17-18-16(19)15-11-14(15)13-9-6-5-7-10-13/h5-7,9-10,14-15H,3-4,8,11H2,1-2H3,(H,18,19)/b17-12+. The fraction of sp³-hybridized carbons (Fsp3) is 0.500. The number of carbonyl (C=O) groups excluding carboxylic acids is 1. The summed E-state index contributed by atoms with van der Waals surface area (Å²) in [5.41, 5.74) is 4.97. The van der Waals surface area contributed by atoms with E-state index < -0.39 is 0 Å². The smallest absolute Gasteiger partial charge is 0.243 e. The summed E-state index contributed by atoms with van der Waals surface area (Å²) in [6, 6.07) is 10.2. The number of nitrogens with zero attached hydrogens (tertiary/aromatic N) is 1. The normalized spacial score (nSPS) is 22.1. The zero-order valence-corrected chi connectivity index (χ0v) is 11.7. The van der Waals surface area contributed by atoms with Crippen LogP contribution < -0.4 is 5.43 Å². The van der Waals surface area contributed by atoms with E-state index in [9.17, 15) is 4.79 Å². The molecule has 0 spiro atoms. The molecule has 0 saturated heterocycles. The highest BCUT2D eigenvalue weighted by Crippen LogP contribution is 2.47. The third-order valence-electron chi connectivity index (χ3n) is 3.60. The Balaban J connectivity index is 1.80. The first kappa shape index (κ1) is 13.8. The molecular formula is C16H22N2O. The van der Waals surface area contributed by atoms with Gasteiger partial charge in [0, 0.05) is 11.6 Å². The molecule has 1 N–H and O–H groups in total. The monoisotopic (exact) mass is 258 g/mol. The van der Waals surface area contributed by atoms with Gasteiger partial charge in [0.15, 0.2) is 0 Å². The van der Waals surface area contributed by atoms with Crippen LogP contribution in [0.3, 0.4) is 0 Å². The molecule has 102 valence electrons. The topological polar surface area (TPSA) is 41.5 Å². The molecule has 1 aliphatic rings. The molecule has 1 amide bonds. The lowest BCUT2D eigenvalue weighted by Gasteiger charge is -2.02. The van der Waals surface area contributed by atoms with E-state index in [1.165, 1.54) is 5.56 Å². The first-order chi connectivity index (χ1) is 9.22. The van der Waals surface area contributed by atoms with Crippen molar-refractivity contribution in [2.45, 2.75) is 45.4 Å². The Morgan fingerprint density at radius 2 is 2.11 bits per heavy atom. The lowest BCUT2D eigenvalue weighted by atomic mass is 10.1. The second-order valence-corrected chi connectivity index (χ2v) is 5.29. The van der Waals surface area contributed by atoms with Gasteiger partial charge in [-0.05, 0) is 37.7 Å². The maximum Gasteiger partial charge on any atom is 0.243 e. The first-order valence-corrected chi connectivity index (χ1v) is 7.10. The Kier molecular flexibility index (Phi) is 4.72. The number of hydrogen-bond acceptors (Lipinski definition) is 2. The van der Waals surface area contributed by atoms with Crippen LogP contribution in [0, 0.1) is 5.92 Å². The Morgan fingerprint density at radius 3 is 2.79 bits per heavy atom. The summed E-state index contributed by atoms with van der Waals surface area (Å²) in [6.07, 6.45) is 4.18. The van der Waals surface area contributed by atoms with Crippen LogP contribution in [0.1, 0.15) is 51.0 Å². The number of hydrazone groups is 1. The molecule has 1 aliphatic carbocycles. The van der Waals surface area contributed by atoms with Crippen molar-refractivity contribution in [3.8, 4) is 0 Å². The zero-order valence-electron chi connectivity index (χ0n) is 11.7. The minimum atomic E-state index is 0.0599. The lowest BCUT2D eigenvalue weighted by molar-refractivity contribution is -0.122. The van der Waals surface area contributed by atoms with Gasteiger partial charge in [0.1, 0.15) is 0 Å². The largest absolute Gasteiger partial charge is 0.273 e. The first-order valence-electron chi connectivity index (χ1n) is 7.10. The van der Waals surface area contributed by atoms with Gasteiger partial charge in [0.2, 0.25) is 5.91 Å². The third-order valence-corrected chi connectivity index (χ3v) is 3.60. The summed E-state index contributed by atoms with van der Waals surface area (Å²) < 4.78 is 0. The van der Waals surface area contributed by atoms with E-state index in [0.29, 0.717) is 5.92 Å². The van der Waals surface area contributed by atoms with E-state index in [1.807, 2.05) is 25.1 Å². The maximum absolute atomic E-state index is 11.9. The van der Waals surface area contributed by atoms with Crippen LogP contribution in [0.2, 0.25) is 0 Å². The van der Waals surface area contributed by atoms with E-state index in [-0.39, 0.29) is 11.8 Å². The van der Waals surface area contributed by atoms with Crippen LogP contribution in [-0.4, -0.2) is 11.6 Å². The fourth-order valence-corrected chi connectivity index (χ4v) is 2.28.